The van der Waals surface area contributed by atoms with Crippen molar-refractivity contribution in [1.29, 1.82) is 0 Å². The van der Waals surface area contributed by atoms with Crippen molar-refractivity contribution in [3.8, 4) is 11.5 Å². The maximum atomic E-state index is 12.4. The molecule has 1 amide bonds. The van der Waals surface area contributed by atoms with Crippen LogP contribution in [0.15, 0.2) is 36.4 Å². The highest BCUT2D eigenvalue weighted by Gasteiger charge is 2.16. The Morgan fingerprint density at radius 2 is 1.54 bits per heavy atom. The first kappa shape index (κ1) is 17.7. The predicted molar refractivity (Wildman–Crippen MR) is 97.1 cm³/mol. The zero-order chi connectivity index (χ0) is 17.9. The van der Waals surface area contributed by atoms with Crippen LogP contribution < -0.4 is 20.5 Å². The minimum absolute atomic E-state index is 0.0444. The van der Waals surface area contributed by atoms with E-state index in [0.717, 1.165) is 0 Å². The Morgan fingerprint density at radius 3 is 2.04 bits per heavy atom. The summed E-state index contributed by atoms with van der Waals surface area (Å²) in [5.74, 6) is 0.794. The standard InChI is InChI=1S/C19H24N2O3/c1-19(2,3)13-8-6-12(7-9-13)18(22)21-15-11-17(24-5)16(23-4)10-14(15)20/h6-11H,20H2,1-5H3,(H,21,22). The molecule has 0 spiro atoms. The van der Waals surface area contributed by atoms with Crippen LogP contribution in [-0.2, 0) is 5.41 Å². The number of nitrogens with two attached hydrogens (primary N) is 1. The zero-order valence-corrected chi connectivity index (χ0v) is 14.8. The molecule has 0 aliphatic rings. The quantitative estimate of drug-likeness (QED) is 0.836. The molecule has 0 aliphatic heterocycles. The van der Waals surface area contributed by atoms with Gasteiger partial charge in [0.25, 0.3) is 5.91 Å². The highest BCUT2D eigenvalue weighted by molar-refractivity contribution is 6.06. The number of hydrogen-bond acceptors (Lipinski definition) is 4. The van der Waals surface area contributed by atoms with Gasteiger partial charge in [-0.2, -0.15) is 0 Å². The topological polar surface area (TPSA) is 73.6 Å². The number of hydrogen-bond donors (Lipinski definition) is 2. The molecule has 5 nitrogen and oxygen atoms in total. The lowest BCUT2D eigenvalue weighted by Crippen LogP contribution is -2.15. The molecule has 128 valence electrons. The van der Waals surface area contributed by atoms with Crippen molar-refractivity contribution < 1.29 is 14.3 Å². The maximum Gasteiger partial charge on any atom is 0.255 e. The van der Waals surface area contributed by atoms with E-state index in [1.54, 1.807) is 12.1 Å². The number of carbonyl (C=O) groups excluding carboxylic acids is 1. The first-order valence-corrected chi connectivity index (χ1v) is 7.69. The summed E-state index contributed by atoms with van der Waals surface area (Å²) in [7, 11) is 3.07. The SMILES string of the molecule is COc1cc(N)c(NC(=O)c2ccc(C(C)(C)C)cc2)cc1OC. The first-order valence-electron chi connectivity index (χ1n) is 7.69. The number of rotatable bonds is 4. The molecule has 0 radical (unpaired) electrons. The van der Waals surface area contributed by atoms with Crippen LogP contribution >= 0.6 is 0 Å². The molecule has 0 saturated carbocycles. The number of ether oxygens (including phenoxy) is 2. The number of amides is 1. The lowest BCUT2D eigenvalue weighted by molar-refractivity contribution is 0.102. The van der Waals surface area contributed by atoms with Crippen molar-refractivity contribution in [3.63, 3.8) is 0 Å². The van der Waals surface area contributed by atoms with E-state index in [-0.39, 0.29) is 11.3 Å². The molecule has 2 aromatic rings. The molecule has 0 fully saturated rings. The van der Waals surface area contributed by atoms with Gasteiger partial charge in [0, 0.05) is 17.7 Å². The molecular formula is C19H24N2O3. The second-order valence-corrected chi connectivity index (χ2v) is 6.58. The fourth-order valence-electron chi connectivity index (χ4n) is 2.32. The van der Waals surface area contributed by atoms with E-state index in [2.05, 4.69) is 26.1 Å². The van der Waals surface area contributed by atoms with E-state index in [1.807, 2.05) is 24.3 Å². The summed E-state index contributed by atoms with van der Waals surface area (Å²) in [5.41, 5.74) is 8.65. The lowest BCUT2D eigenvalue weighted by atomic mass is 9.87. The van der Waals surface area contributed by atoms with Gasteiger partial charge in [0.1, 0.15) is 0 Å². The molecule has 0 aliphatic carbocycles. The molecule has 0 saturated heterocycles. The van der Waals surface area contributed by atoms with Crippen LogP contribution in [-0.4, -0.2) is 20.1 Å². The molecule has 0 aromatic heterocycles. The van der Waals surface area contributed by atoms with Crippen LogP contribution in [0, 0.1) is 0 Å². The minimum atomic E-state index is -0.227. The molecule has 0 unspecified atom stereocenters. The van der Waals surface area contributed by atoms with Gasteiger partial charge in [0.2, 0.25) is 0 Å². The smallest absolute Gasteiger partial charge is 0.255 e. The van der Waals surface area contributed by atoms with Crippen molar-refractivity contribution in [1.82, 2.24) is 0 Å². The number of anilines is 2. The van der Waals surface area contributed by atoms with Crippen molar-refractivity contribution in [3.05, 3.63) is 47.5 Å². The summed E-state index contributed by atoms with van der Waals surface area (Å²) in [5, 5.41) is 2.81. The summed E-state index contributed by atoms with van der Waals surface area (Å²) in [6, 6.07) is 10.8. The van der Waals surface area contributed by atoms with Gasteiger partial charge in [0.15, 0.2) is 11.5 Å². The van der Waals surface area contributed by atoms with Gasteiger partial charge in [-0.1, -0.05) is 32.9 Å². The van der Waals surface area contributed by atoms with Gasteiger partial charge in [-0.15, -0.1) is 0 Å². The third-order valence-corrected chi connectivity index (χ3v) is 3.82. The van der Waals surface area contributed by atoms with E-state index >= 15 is 0 Å². The van der Waals surface area contributed by atoms with E-state index in [1.165, 1.54) is 19.8 Å². The maximum absolute atomic E-state index is 12.4. The summed E-state index contributed by atoms with van der Waals surface area (Å²) in [6.45, 7) is 6.39. The third-order valence-electron chi connectivity index (χ3n) is 3.82. The second-order valence-electron chi connectivity index (χ2n) is 6.58. The predicted octanol–water partition coefficient (Wildman–Crippen LogP) is 3.84. The van der Waals surface area contributed by atoms with Crippen molar-refractivity contribution >= 4 is 17.3 Å². The van der Waals surface area contributed by atoms with E-state index in [0.29, 0.717) is 28.4 Å². The van der Waals surface area contributed by atoms with Gasteiger partial charge in [-0.05, 0) is 23.1 Å². The van der Waals surface area contributed by atoms with E-state index in [4.69, 9.17) is 15.2 Å². The van der Waals surface area contributed by atoms with Gasteiger partial charge in [0.05, 0.1) is 25.6 Å². The second kappa shape index (κ2) is 6.83. The Bertz CT molecular complexity index is 732. The van der Waals surface area contributed by atoms with Crippen LogP contribution in [0.5, 0.6) is 11.5 Å². The Hall–Kier alpha value is -2.69. The Morgan fingerprint density at radius 1 is 1.00 bits per heavy atom. The molecule has 3 N–H and O–H groups in total. The Kier molecular flexibility index (Phi) is 5.02. The highest BCUT2D eigenvalue weighted by Crippen LogP contribution is 2.35. The highest BCUT2D eigenvalue weighted by atomic mass is 16.5. The van der Waals surface area contributed by atoms with Crippen molar-refractivity contribution in [2.45, 2.75) is 26.2 Å². The molecule has 5 heteroatoms. The summed E-state index contributed by atoms with van der Waals surface area (Å²) in [4.78, 5) is 12.4. The summed E-state index contributed by atoms with van der Waals surface area (Å²) >= 11 is 0. The number of benzene rings is 2. The van der Waals surface area contributed by atoms with Gasteiger partial charge >= 0.3 is 0 Å². The van der Waals surface area contributed by atoms with E-state index in [9.17, 15) is 4.79 Å². The normalized spacial score (nSPS) is 11.0. The Balaban J connectivity index is 2.23. The lowest BCUT2D eigenvalue weighted by Gasteiger charge is -2.19. The molecule has 24 heavy (non-hydrogen) atoms. The number of nitrogens with one attached hydrogen (secondary N) is 1. The van der Waals surface area contributed by atoms with Gasteiger partial charge < -0.3 is 20.5 Å². The molecule has 0 bridgehead atoms. The van der Waals surface area contributed by atoms with Crippen LogP contribution in [0.1, 0.15) is 36.7 Å². The fraction of sp³-hybridized carbons (Fsp3) is 0.316. The summed E-state index contributed by atoms with van der Waals surface area (Å²) < 4.78 is 10.4. The zero-order valence-electron chi connectivity index (χ0n) is 14.8. The number of methoxy groups -OCH3 is 2. The number of carbonyl (C=O) groups is 1. The number of nitrogen functional groups attached to an aromatic ring is 1. The molecular weight excluding hydrogens is 304 g/mol. The van der Waals surface area contributed by atoms with Crippen molar-refractivity contribution in [2.75, 3.05) is 25.3 Å². The largest absolute Gasteiger partial charge is 0.493 e. The minimum Gasteiger partial charge on any atom is -0.493 e. The summed E-state index contributed by atoms with van der Waals surface area (Å²) in [6.07, 6.45) is 0. The van der Waals surface area contributed by atoms with Crippen LogP contribution in [0.3, 0.4) is 0 Å². The average Bonchev–Trinajstić information content (AvgIpc) is 2.55. The molecule has 2 aromatic carbocycles. The third kappa shape index (κ3) is 3.79. The monoisotopic (exact) mass is 328 g/mol. The van der Waals surface area contributed by atoms with Crippen LogP contribution in [0.4, 0.5) is 11.4 Å². The Labute approximate surface area is 142 Å². The first-order chi connectivity index (χ1) is 11.3. The molecule has 0 heterocycles. The molecule has 0 atom stereocenters. The van der Waals surface area contributed by atoms with Crippen LogP contribution in [0.2, 0.25) is 0 Å². The van der Waals surface area contributed by atoms with Crippen molar-refractivity contribution in [2.24, 2.45) is 0 Å². The average molecular weight is 328 g/mol. The van der Waals surface area contributed by atoms with Gasteiger partial charge in [-0.3, -0.25) is 4.79 Å². The van der Waals surface area contributed by atoms with Gasteiger partial charge in [-0.25, -0.2) is 0 Å². The van der Waals surface area contributed by atoms with Crippen LogP contribution in [0.25, 0.3) is 0 Å². The fourth-order valence-corrected chi connectivity index (χ4v) is 2.32. The molecule has 2 rings (SSSR count). The van der Waals surface area contributed by atoms with E-state index < -0.39 is 0 Å².